The molecule has 0 spiro atoms. The molecule has 0 aliphatic rings. The summed E-state index contributed by atoms with van der Waals surface area (Å²) in [5, 5.41) is 0. The first-order chi connectivity index (χ1) is 5.93. The van der Waals surface area contributed by atoms with E-state index in [1.807, 2.05) is 0 Å². The molecule has 0 aromatic carbocycles. The molecule has 0 N–H and O–H groups in total. The molecule has 0 saturated carbocycles. The summed E-state index contributed by atoms with van der Waals surface area (Å²) in [7, 11) is 0. The largest absolute Gasteiger partial charge is 0.253 e. The average molecular weight is 174 g/mol. The first kappa shape index (κ1) is 9.03. The molecule has 4 nitrogen and oxygen atoms in total. The number of unbranched alkanes of at least 4 members (excludes halogenated alkanes) is 3. The van der Waals surface area contributed by atoms with E-state index in [0.29, 0.717) is 5.76 Å². The first-order valence-electron chi connectivity index (χ1n) is 4.29. The zero-order valence-electron chi connectivity index (χ0n) is 7.25. The lowest BCUT2D eigenvalue weighted by atomic mass is 10.1. The van der Waals surface area contributed by atoms with Crippen LogP contribution in [0.1, 0.15) is 38.4 Å². The van der Waals surface area contributed by atoms with E-state index in [-0.39, 0.29) is 0 Å². The molecule has 0 radical (unpaired) electrons. The highest BCUT2D eigenvalue weighted by Gasteiger charge is 1.97. The van der Waals surface area contributed by atoms with Crippen LogP contribution in [0.5, 0.6) is 0 Å². The van der Waals surface area contributed by atoms with Gasteiger partial charge in [0.2, 0.25) is 0 Å². The molecule has 70 valence electrons. The van der Waals surface area contributed by atoms with Crippen molar-refractivity contribution in [2.24, 2.45) is 0 Å². The van der Waals surface area contributed by atoms with Crippen molar-refractivity contribution in [3.05, 3.63) is 12.0 Å². The van der Waals surface area contributed by atoms with E-state index in [1.165, 1.54) is 25.5 Å². The standard InChI is InChI=1S/C8H14O4/c1-2-3-4-5-6-8-7-9-11-12-10-8/h7H,2-6H2,1H3. The van der Waals surface area contributed by atoms with Gasteiger partial charge in [-0.25, -0.2) is 0 Å². The molecule has 1 aromatic rings. The second-order valence-electron chi connectivity index (χ2n) is 2.71. The average Bonchev–Trinajstić information content (AvgIpc) is 2.14. The fourth-order valence-corrected chi connectivity index (χ4v) is 0.993. The predicted octanol–water partition coefficient (Wildman–Crippen LogP) is 3.31. The Morgan fingerprint density at radius 2 is 2.08 bits per heavy atom. The first-order valence-corrected chi connectivity index (χ1v) is 4.29. The van der Waals surface area contributed by atoms with Gasteiger partial charge in [-0.05, 0) is 15.9 Å². The summed E-state index contributed by atoms with van der Waals surface area (Å²) in [6, 6.07) is 0. The molecule has 0 amide bonds. The van der Waals surface area contributed by atoms with Gasteiger partial charge in [0.15, 0.2) is 12.0 Å². The highest BCUT2D eigenvalue weighted by Crippen LogP contribution is 2.06. The minimum atomic E-state index is 0.678. The molecule has 0 aliphatic carbocycles. The third-order valence-corrected chi connectivity index (χ3v) is 1.66. The second-order valence-corrected chi connectivity index (χ2v) is 2.71. The Kier molecular flexibility index (Phi) is 4.19. The van der Waals surface area contributed by atoms with Gasteiger partial charge in [0, 0.05) is 6.42 Å². The Morgan fingerprint density at radius 1 is 1.17 bits per heavy atom. The smallest absolute Gasteiger partial charge is 0.199 e. The fraction of sp³-hybridized carbons (Fsp3) is 0.750. The topological polar surface area (TPSA) is 52.6 Å². The Bertz CT molecular complexity index is 199. The van der Waals surface area contributed by atoms with Crippen molar-refractivity contribution < 1.29 is 18.6 Å². The summed E-state index contributed by atoms with van der Waals surface area (Å²) in [4.78, 5) is 0. The maximum absolute atomic E-state index is 4.67. The van der Waals surface area contributed by atoms with Crippen LogP contribution < -0.4 is 0 Å². The normalized spacial score (nSPS) is 10.1. The van der Waals surface area contributed by atoms with Crippen LogP contribution in [0.3, 0.4) is 0 Å². The third kappa shape index (κ3) is 3.37. The molecular formula is C8H14O4. The number of rotatable bonds is 5. The van der Waals surface area contributed by atoms with E-state index in [2.05, 4.69) is 25.5 Å². The van der Waals surface area contributed by atoms with Crippen molar-refractivity contribution in [1.29, 1.82) is 0 Å². The maximum Gasteiger partial charge on any atom is 0.199 e. The summed E-state index contributed by atoms with van der Waals surface area (Å²) in [6.45, 7) is 2.18. The molecule has 1 aromatic heterocycles. The number of hydrogen-bond acceptors (Lipinski definition) is 4. The van der Waals surface area contributed by atoms with Crippen LogP contribution in [-0.4, -0.2) is 0 Å². The molecule has 0 atom stereocenters. The fourth-order valence-electron chi connectivity index (χ4n) is 0.993. The number of aryl methyl sites for hydroxylation is 1. The van der Waals surface area contributed by atoms with Gasteiger partial charge >= 0.3 is 0 Å². The summed E-state index contributed by atoms with van der Waals surface area (Å²) >= 11 is 0. The van der Waals surface area contributed by atoms with Crippen LogP contribution in [0.4, 0.5) is 0 Å². The molecule has 4 heteroatoms. The van der Waals surface area contributed by atoms with Crippen LogP contribution >= 0.6 is 0 Å². The number of hydrogen-bond donors (Lipinski definition) is 0. The summed E-state index contributed by atoms with van der Waals surface area (Å²) in [5.74, 6) is 0.678. The van der Waals surface area contributed by atoms with Crippen molar-refractivity contribution in [3.63, 3.8) is 0 Å². The van der Waals surface area contributed by atoms with Gasteiger partial charge in [0.1, 0.15) is 0 Å². The molecule has 1 rings (SSSR count). The van der Waals surface area contributed by atoms with Crippen LogP contribution in [0.2, 0.25) is 0 Å². The summed E-state index contributed by atoms with van der Waals surface area (Å²) in [6.07, 6.45) is 7.03. The minimum Gasteiger partial charge on any atom is -0.253 e. The van der Waals surface area contributed by atoms with E-state index in [4.69, 9.17) is 0 Å². The molecule has 0 aliphatic heterocycles. The lowest BCUT2D eigenvalue weighted by molar-refractivity contribution is -0.315. The van der Waals surface area contributed by atoms with Gasteiger partial charge in [-0.1, -0.05) is 26.2 Å². The van der Waals surface area contributed by atoms with Crippen molar-refractivity contribution in [2.75, 3.05) is 0 Å². The molecule has 0 bridgehead atoms. The van der Waals surface area contributed by atoms with Gasteiger partial charge in [-0.3, -0.25) is 9.15 Å². The SMILES string of the molecule is CCCCCCc1coooo1. The molecule has 0 fully saturated rings. The maximum atomic E-state index is 4.67. The van der Waals surface area contributed by atoms with Crippen molar-refractivity contribution in [1.82, 2.24) is 0 Å². The lowest BCUT2D eigenvalue weighted by Gasteiger charge is -1.95. The van der Waals surface area contributed by atoms with Gasteiger partial charge in [-0.2, -0.15) is 0 Å². The second kappa shape index (κ2) is 5.57. The van der Waals surface area contributed by atoms with Crippen LogP contribution in [-0.2, 0) is 6.42 Å². The highest BCUT2D eigenvalue weighted by molar-refractivity contribution is 4.81. The van der Waals surface area contributed by atoms with Crippen LogP contribution in [0.15, 0.2) is 24.9 Å². The van der Waals surface area contributed by atoms with Gasteiger partial charge < -0.3 is 0 Å². The van der Waals surface area contributed by atoms with E-state index < -0.39 is 0 Å². The molecule has 1 heterocycles. The summed E-state index contributed by atoms with van der Waals surface area (Å²) in [5.41, 5.74) is 0. The van der Waals surface area contributed by atoms with E-state index >= 15 is 0 Å². The van der Waals surface area contributed by atoms with Gasteiger partial charge in [-0.15, -0.1) is 0 Å². The Hall–Kier alpha value is -1.06. The Labute approximate surface area is 70.6 Å². The van der Waals surface area contributed by atoms with E-state index in [9.17, 15) is 0 Å². The minimum absolute atomic E-state index is 0.678. The van der Waals surface area contributed by atoms with E-state index in [0.717, 1.165) is 12.8 Å². The van der Waals surface area contributed by atoms with Crippen LogP contribution in [0.25, 0.3) is 0 Å². The summed E-state index contributed by atoms with van der Waals surface area (Å²) < 4.78 is 17.3. The van der Waals surface area contributed by atoms with Gasteiger partial charge in [0.25, 0.3) is 0 Å². The molecule has 12 heavy (non-hydrogen) atoms. The third-order valence-electron chi connectivity index (χ3n) is 1.66. The quantitative estimate of drug-likeness (QED) is 0.507. The lowest BCUT2D eigenvalue weighted by Crippen LogP contribution is -1.84. The Balaban J connectivity index is 2.16. The van der Waals surface area contributed by atoms with Crippen molar-refractivity contribution >= 4 is 0 Å². The zero-order chi connectivity index (χ0) is 8.65. The monoisotopic (exact) mass is 174 g/mol. The molecular weight excluding hydrogens is 160 g/mol. The van der Waals surface area contributed by atoms with E-state index in [1.54, 1.807) is 0 Å². The molecule has 0 saturated heterocycles. The van der Waals surface area contributed by atoms with Crippen molar-refractivity contribution in [3.8, 4) is 0 Å². The van der Waals surface area contributed by atoms with Gasteiger partial charge in [0.05, 0.1) is 0 Å². The van der Waals surface area contributed by atoms with Crippen molar-refractivity contribution in [2.45, 2.75) is 39.0 Å². The Morgan fingerprint density at radius 3 is 2.75 bits per heavy atom. The van der Waals surface area contributed by atoms with Crippen LogP contribution in [0, 0.1) is 0 Å². The highest BCUT2D eigenvalue weighted by atomic mass is 17.4. The zero-order valence-corrected chi connectivity index (χ0v) is 7.25. The predicted molar refractivity (Wildman–Crippen MR) is 41.0 cm³/mol. The molecule has 0 unspecified atom stereocenters.